The number of H-pyrrole nitrogens is 1. The standard InChI is InChI=1S/C14H13N3O2S/c1-2-12(13-4-3-5-20-13)19-14(18)10-6-15-8-11-9(10)7-16-17-11/h3-8,12H,2H2,1H3,(H,16,17). The van der Waals surface area contributed by atoms with Crippen LogP contribution in [0.4, 0.5) is 0 Å². The zero-order valence-electron chi connectivity index (χ0n) is 10.9. The summed E-state index contributed by atoms with van der Waals surface area (Å²) in [6.45, 7) is 1.99. The van der Waals surface area contributed by atoms with Crippen molar-refractivity contribution in [3.05, 3.63) is 46.5 Å². The van der Waals surface area contributed by atoms with Gasteiger partial charge >= 0.3 is 5.97 Å². The number of nitrogens with zero attached hydrogens (tertiary/aromatic N) is 2. The Morgan fingerprint density at radius 1 is 1.45 bits per heavy atom. The van der Waals surface area contributed by atoms with Crippen LogP contribution in [0.15, 0.2) is 36.1 Å². The van der Waals surface area contributed by atoms with Crippen molar-refractivity contribution in [2.45, 2.75) is 19.4 Å². The summed E-state index contributed by atoms with van der Waals surface area (Å²) in [6, 6.07) is 3.93. The van der Waals surface area contributed by atoms with E-state index in [0.717, 1.165) is 22.2 Å². The molecular weight excluding hydrogens is 274 g/mol. The zero-order valence-corrected chi connectivity index (χ0v) is 11.7. The smallest absolute Gasteiger partial charge is 0.341 e. The third kappa shape index (κ3) is 2.30. The van der Waals surface area contributed by atoms with E-state index in [1.54, 1.807) is 23.7 Å². The number of esters is 1. The number of ether oxygens (including phenoxy) is 1. The molecule has 5 nitrogen and oxygen atoms in total. The van der Waals surface area contributed by atoms with Crippen LogP contribution in [-0.2, 0) is 4.74 Å². The third-order valence-corrected chi connectivity index (χ3v) is 4.03. The fourth-order valence-corrected chi connectivity index (χ4v) is 2.88. The molecule has 0 aliphatic carbocycles. The Bertz CT molecular complexity index is 721. The second-order valence-electron chi connectivity index (χ2n) is 4.34. The van der Waals surface area contributed by atoms with Crippen molar-refractivity contribution in [3.8, 4) is 0 Å². The van der Waals surface area contributed by atoms with E-state index in [0.29, 0.717) is 5.56 Å². The monoisotopic (exact) mass is 287 g/mol. The molecule has 6 heteroatoms. The molecule has 0 aliphatic rings. The van der Waals surface area contributed by atoms with Crippen molar-refractivity contribution in [2.24, 2.45) is 0 Å². The molecule has 1 N–H and O–H groups in total. The van der Waals surface area contributed by atoms with Crippen molar-refractivity contribution in [1.82, 2.24) is 15.2 Å². The minimum atomic E-state index is -0.371. The molecule has 1 atom stereocenters. The van der Waals surface area contributed by atoms with Crippen LogP contribution >= 0.6 is 11.3 Å². The second kappa shape index (κ2) is 5.42. The van der Waals surface area contributed by atoms with Crippen LogP contribution in [0.5, 0.6) is 0 Å². The summed E-state index contributed by atoms with van der Waals surface area (Å²) < 4.78 is 5.60. The Labute approximate surface area is 119 Å². The number of hydrogen-bond acceptors (Lipinski definition) is 5. The minimum Gasteiger partial charge on any atom is -0.453 e. The van der Waals surface area contributed by atoms with E-state index >= 15 is 0 Å². The molecule has 3 heterocycles. The number of hydrogen-bond donors (Lipinski definition) is 1. The van der Waals surface area contributed by atoms with Crippen LogP contribution in [-0.4, -0.2) is 21.2 Å². The van der Waals surface area contributed by atoms with E-state index in [4.69, 9.17) is 4.74 Å². The Morgan fingerprint density at radius 3 is 3.10 bits per heavy atom. The molecule has 1 unspecified atom stereocenters. The van der Waals surface area contributed by atoms with E-state index in [1.165, 1.54) is 6.20 Å². The summed E-state index contributed by atoms with van der Waals surface area (Å²) in [7, 11) is 0. The van der Waals surface area contributed by atoms with Gasteiger partial charge in [0.15, 0.2) is 0 Å². The van der Waals surface area contributed by atoms with E-state index in [1.807, 2.05) is 24.4 Å². The predicted molar refractivity (Wildman–Crippen MR) is 76.7 cm³/mol. The molecule has 0 saturated carbocycles. The van der Waals surface area contributed by atoms with Gasteiger partial charge in [-0.3, -0.25) is 10.1 Å². The van der Waals surface area contributed by atoms with Gasteiger partial charge in [-0.25, -0.2) is 4.79 Å². The molecule has 3 rings (SSSR count). The first-order valence-electron chi connectivity index (χ1n) is 6.31. The molecule has 0 aliphatic heterocycles. The van der Waals surface area contributed by atoms with E-state index in [2.05, 4.69) is 15.2 Å². The van der Waals surface area contributed by atoms with E-state index in [9.17, 15) is 4.79 Å². The van der Waals surface area contributed by atoms with Crippen LogP contribution in [0.2, 0.25) is 0 Å². The topological polar surface area (TPSA) is 67.9 Å². The summed E-state index contributed by atoms with van der Waals surface area (Å²) in [4.78, 5) is 17.4. The predicted octanol–water partition coefficient (Wildman–Crippen LogP) is 3.33. The SMILES string of the molecule is CCC(OC(=O)c1cncc2[nH]ncc12)c1cccs1. The highest BCUT2D eigenvalue weighted by molar-refractivity contribution is 7.10. The summed E-state index contributed by atoms with van der Waals surface area (Å²) >= 11 is 1.59. The maximum atomic E-state index is 12.3. The third-order valence-electron chi connectivity index (χ3n) is 3.07. The van der Waals surface area contributed by atoms with Crippen LogP contribution in [0, 0.1) is 0 Å². The van der Waals surface area contributed by atoms with Crippen LogP contribution in [0.1, 0.15) is 34.7 Å². The van der Waals surface area contributed by atoms with Gasteiger partial charge in [0.25, 0.3) is 0 Å². The number of rotatable bonds is 4. The van der Waals surface area contributed by atoms with E-state index in [-0.39, 0.29) is 12.1 Å². The summed E-state index contributed by atoms with van der Waals surface area (Å²) in [6.07, 6.45) is 5.28. The van der Waals surface area contributed by atoms with Crippen molar-refractivity contribution in [1.29, 1.82) is 0 Å². The zero-order chi connectivity index (χ0) is 13.9. The van der Waals surface area contributed by atoms with Gasteiger partial charge in [0.05, 0.1) is 23.5 Å². The fourth-order valence-electron chi connectivity index (χ4n) is 2.04. The molecular formula is C14H13N3O2S. The summed E-state index contributed by atoms with van der Waals surface area (Å²) in [5, 5.41) is 9.42. The lowest BCUT2D eigenvalue weighted by Gasteiger charge is -2.14. The normalized spacial score (nSPS) is 12.4. The summed E-state index contributed by atoms with van der Waals surface area (Å²) in [5.41, 5.74) is 1.16. The minimum absolute atomic E-state index is 0.218. The molecule has 0 aromatic carbocycles. The first kappa shape index (κ1) is 12.8. The number of thiophene rings is 1. The fraction of sp³-hybridized carbons (Fsp3) is 0.214. The molecule has 0 amide bonds. The van der Waals surface area contributed by atoms with Crippen LogP contribution in [0.3, 0.4) is 0 Å². The lowest BCUT2D eigenvalue weighted by molar-refractivity contribution is 0.0298. The van der Waals surface area contributed by atoms with Gasteiger partial charge < -0.3 is 4.74 Å². The second-order valence-corrected chi connectivity index (χ2v) is 5.32. The highest BCUT2D eigenvalue weighted by Gasteiger charge is 2.19. The molecule has 0 spiro atoms. The Hall–Kier alpha value is -2.21. The number of aromatic amines is 1. The first-order chi connectivity index (χ1) is 9.79. The van der Waals surface area contributed by atoms with Gasteiger partial charge in [-0.15, -0.1) is 11.3 Å². The highest BCUT2D eigenvalue weighted by atomic mass is 32.1. The molecule has 0 fully saturated rings. The van der Waals surface area contributed by atoms with E-state index < -0.39 is 0 Å². The maximum absolute atomic E-state index is 12.3. The van der Waals surface area contributed by atoms with Crippen molar-refractivity contribution in [2.75, 3.05) is 0 Å². The lowest BCUT2D eigenvalue weighted by Crippen LogP contribution is -2.10. The number of pyridine rings is 1. The molecule has 0 bridgehead atoms. The summed E-state index contributed by atoms with van der Waals surface area (Å²) in [5.74, 6) is -0.371. The van der Waals surface area contributed by atoms with Crippen molar-refractivity contribution >= 4 is 28.2 Å². The van der Waals surface area contributed by atoms with Crippen molar-refractivity contribution < 1.29 is 9.53 Å². The van der Waals surface area contributed by atoms with Gasteiger partial charge in [0.2, 0.25) is 0 Å². The quantitative estimate of drug-likeness (QED) is 0.747. The average molecular weight is 287 g/mol. The van der Waals surface area contributed by atoms with Gasteiger partial charge in [0, 0.05) is 16.5 Å². The molecule has 0 saturated heterocycles. The Kier molecular flexibility index (Phi) is 3.47. The maximum Gasteiger partial charge on any atom is 0.341 e. The molecule has 20 heavy (non-hydrogen) atoms. The number of carbonyl (C=O) groups excluding carboxylic acids is 1. The Morgan fingerprint density at radius 2 is 2.35 bits per heavy atom. The lowest BCUT2D eigenvalue weighted by atomic mass is 10.2. The van der Waals surface area contributed by atoms with Gasteiger partial charge in [-0.2, -0.15) is 5.10 Å². The number of fused-ring (bicyclic) bond motifs is 1. The van der Waals surface area contributed by atoms with Crippen molar-refractivity contribution in [3.63, 3.8) is 0 Å². The van der Waals surface area contributed by atoms with Gasteiger partial charge in [0.1, 0.15) is 6.10 Å². The number of aromatic nitrogens is 3. The first-order valence-corrected chi connectivity index (χ1v) is 7.19. The molecule has 0 radical (unpaired) electrons. The van der Waals surface area contributed by atoms with Crippen LogP contribution < -0.4 is 0 Å². The highest BCUT2D eigenvalue weighted by Crippen LogP contribution is 2.27. The molecule has 102 valence electrons. The van der Waals surface area contributed by atoms with Gasteiger partial charge in [-0.1, -0.05) is 13.0 Å². The largest absolute Gasteiger partial charge is 0.453 e. The average Bonchev–Trinajstić information content (AvgIpc) is 3.14. The Balaban J connectivity index is 1.87. The van der Waals surface area contributed by atoms with Gasteiger partial charge in [-0.05, 0) is 17.9 Å². The number of nitrogens with one attached hydrogen (secondary N) is 1. The van der Waals surface area contributed by atoms with Crippen LogP contribution in [0.25, 0.3) is 10.9 Å². The molecule has 3 aromatic heterocycles. The number of carbonyl (C=O) groups is 1. The molecule has 3 aromatic rings.